The van der Waals surface area contributed by atoms with Crippen LogP contribution in [-0.2, 0) is 16.0 Å². The van der Waals surface area contributed by atoms with E-state index in [1.807, 2.05) is 4.90 Å². The Labute approximate surface area is 280 Å². The second kappa shape index (κ2) is 14.0. The van der Waals surface area contributed by atoms with E-state index in [0.29, 0.717) is 30.3 Å². The number of rotatable bonds is 10. The normalized spacial score (nSPS) is 33.0. The molecule has 6 rings (SSSR count). The van der Waals surface area contributed by atoms with Crippen molar-refractivity contribution in [3.8, 4) is 0 Å². The quantitative estimate of drug-likeness (QED) is 0.349. The number of halogens is 1. The van der Waals surface area contributed by atoms with Gasteiger partial charge in [-0.3, -0.25) is 14.5 Å². The average molecular weight is 658 g/mol. The Morgan fingerprint density at radius 3 is 2.53 bits per heavy atom. The fourth-order valence-electron chi connectivity index (χ4n) is 8.46. The lowest BCUT2D eigenvalue weighted by molar-refractivity contribution is -0.137. The largest absolute Gasteiger partial charge is 0.343 e. The van der Waals surface area contributed by atoms with E-state index < -0.39 is 0 Å². The maximum Gasteiger partial charge on any atom is 0.237 e. The van der Waals surface area contributed by atoms with Crippen molar-refractivity contribution in [2.24, 2.45) is 17.3 Å². The van der Waals surface area contributed by atoms with Crippen LogP contribution in [-0.4, -0.2) is 106 Å². The number of hydrogen-bond donors (Lipinski definition) is 2. The first-order chi connectivity index (χ1) is 21.5. The number of carbonyl (C=O) groups excluding carboxylic acids is 2. The molecule has 6 atom stereocenters. The molecule has 250 valence electrons. The predicted octanol–water partition coefficient (Wildman–Crippen LogP) is 4.90. The number of aryl methyl sites for hydroxylation is 1. The predicted molar refractivity (Wildman–Crippen MR) is 186 cm³/mol. The van der Waals surface area contributed by atoms with E-state index in [-0.39, 0.29) is 32.7 Å². The van der Waals surface area contributed by atoms with Gasteiger partial charge < -0.3 is 20.4 Å². The molecule has 2 N–H and O–H groups in total. The maximum atomic E-state index is 14.1. The van der Waals surface area contributed by atoms with Crippen molar-refractivity contribution in [2.45, 2.75) is 107 Å². The Kier molecular flexibility index (Phi) is 10.5. The molecule has 1 aromatic rings. The van der Waals surface area contributed by atoms with Crippen LogP contribution < -0.4 is 10.6 Å². The fourth-order valence-corrected chi connectivity index (χ4v) is 10.7. The fraction of sp³-hybridized carbons (Fsp3) is 0.778. The van der Waals surface area contributed by atoms with Gasteiger partial charge in [0.2, 0.25) is 11.8 Å². The zero-order valence-electron chi connectivity index (χ0n) is 28.0. The molecule has 0 bridgehead atoms. The number of thioether (sulfide) groups is 1. The molecule has 3 saturated heterocycles. The number of carbonyl (C=O) groups is 2. The highest BCUT2D eigenvalue weighted by molar-refractivity contribution is 8.01. The van der Waals surface area contributed by atoms with Gasteiger partial charge in [-0.15, -0.1) is 23.4 Å². The Balaban J connectivity index is 1.07. The minimum atomic E-state index is -0.292. The molecule has 9 heteroatoms. The third-order valence-corrected chi connectivity index (χ3v) is 13.6. The van der Waals surface area contributed by atoms with Crippen LogP contribution in [0.2, 0.25) is 0 Å². The summed E-state index contributed by atoms with van der Waals surface area (Å²) >= 11 is 9.21. The first kappa shape index (κ1) is 33.6. The summed E-state index contributed by atoms with van der Waals surface area (Å²) in [7, 11) is 0. The van der Waals surface area contributed by atoms with Gasteiger partial charge in [-0.05, 0) is 80.9 Å². The highest BCUT2D eigenvalue weighted by Crippen LogP contribution is 2.63. The Morgan fingerprint density at radius 1 is 1.09 bits per heavy atom. The van der Waals surface area contributed by atoms with E-state index in [1.165, 1.54) is 11.1 Å². The third kappa shape index (κ3) is 7.72. The van der Waals surface area contributed by atoms with E-state index in [4.69, 9.17) is 11.6 Å². The number of benzene rings is 1. The smallest absolute Gasteiger partial charge is 0.237 e. The van der Waals surface area contributed by atoms with Gasteiger partial charge in [0, 0.05) is 70.2 Å². The van der Waals surface area contributed by atoms with Gasteiger partial charge in [0.05, 0.1) is 15.5 Å². The van der Waals surface area contributed by atoms with E-state index >= 15 is 0 Å². The zero-order valence-corrected chi connectivity index (χ0v) is 29.6. The van der Waals surface area contributed by atoms with Crippen molar-refractivity contribution in [3.05, 3.63) is 35.4 Å². The summed E-state index contributed by atoms with van der Waals surface area (Å²) in [6, 6.07) is 9.34. The van der Waals surface area contributed by atoms with Gasteiger partial charge in [0.15, 0.2) is 0 Å². The van der Waals surface area contributed by atoms with E-state index in [9.17, 15) is 9.59 Å². The first-order valence-corrected chi connectivity index (χ1v) is 19.0. The Hall–Kier alpha value is -1.32. The molecule has 2 saturated carbocycles. The van der Waals surface area contributed by atoms with Gasteiger partial charge in [0.1, 0.15) is 0 Å². The molecule has 5 fully saturated rings. The molecule has 6 unspecified atom stereocenters. The first-order valence-electron chi connectivity index (χ1n) is 17.7. The van der Waals surface area contributed by atoms with Crippen LogP contribution in [0, 0.1) is 24.2 Å². The maximum absolute atomic E-state index is 14.1. The topological polar surface area (TPSA) is 67.9 Å². The minimum Gasteiger partial charge on any atom is -0.343 e. The molecule has 3 heterocycles. The van der Waals surface area contributed by atoms with Crippen molar-refractivity contribution < 1.29 is 9.59 Å². The molecule has 7 nitrogen and oxygen atoms in total. The highest BCUT2D eigenvalue weighted by Gasteiger charge is 2.65. The monoisotopic (exact) mass is 657 g/mol. The van der Waals surface area contributed by atoms with E-state index in [1.54, 1.807) is 11.8 Å². The number of hydrogen-bond acceptors (Lipinski definition) is 6. The third-order valence-electron chi connectivity index (χ3n) is 11.3. The molecule has 1 aromatic carbocycles. The molecular formula is C36H56ClN5O2S. The summed E-state index contributed by atoms with van der Waals surface area (Å²) in [4.78, 5) is 34.5. The average Bonchev–Trinajstić information content (AvgIpc) is 3.62. The number of nitrogens with zero attached hydrogens (tertiary/aromatic N) is 3. The molecule has 0 spiro atoms. The van der Waals surface area contributed by atoms with E-state index in [0.717, 1.165) is 97.3 Å². The van der Waals surface area contributed by atoms with Crippen molar-refractivity contribution in [2.75, 3.05) is 52.4 Å². The lowest BCUT2D eigenvalue weighted by Crippen LogP contribution is -2.59. The summed E-state index contributed by atoms with van der Waals surface area (Å²) in [6.45, 7) is 16.2. The number of piperazine rings is 1. The molecule has 5 aliphatic rings. The van der Waals surface area contributed by atoms with Crippen molar-refractivity contribution in [1.82, 2.24) is 25.3 Å². The molecule has 0 aromatic heterocycles. The number of alkyl halides is 1. The van der Waals surface area contributed by atoms with Crippen LogP contribution in [0.1, 0.15) is 76.8 Å². The van der Waals surface area contributed by atoms with Gasteiger partial charge in [0.25, 0.3) is 0 Å². The number of fused-ring (bicyclic) bond motifs is 1. The summed E-state index contributed by atoms with van der Waals surface area (Å²) in [5.74, 6) is 1.28. The molecular weight excluding hydrogens is 602 g/mol. The summed E-state index contributed by atoms with van der Waals surface area (Å²) in [5, 5.41) is 7.05. The minimum absolute atomic E-state index is 0.0953. The summed E-state index contributed by atoms with van der Waals surface area (Å²) in [6.07, 6.45) is 7.63. The van der Waals surface area contributed by atoms with Crippen LogP contribution in [0.15, 0.2) is 24.3 Å². The number of amides is 2. The Morgan fingerprint density at radius 2 is 1.82 bits per heavy atom. The summed E-state index contributed by atoms with van der Waals surface area (Å²) < 4.78 is 0. The van der Waals surface area contributed by atoms with Crippen LogP contribution in [0.3, 0.4) is 0 Å². The van der Waals surface area contributed by atoms with Crippen LogP contribution in [0.5, 0.6) is 0 Å². The molecule has 2 amide bonds. The Bertz CT molecular complexity index is 1200. The second-order valence-electron chi connectivity index (χ2n) is 15.6. The van der Waals surface area contributed by atoms with Crippen molar-refractivity contribution in [3.63, 3.8) is 0 Å². The SMILES string of the molecule is Cc1ccccc1CCNC1CCN(C(=O)CC2SC(C3CCC4CC4(Cl)C3N3CCNCC3)N(CCC(C)(C)C)C2=O)CC1. The summed E-state index contributed by atoms with van der Waals surface area (Å²) in [5.41, 5.74) is 2.89. The molecule has 45 heavy (non-hydrogen) atoms. The number of likely N-dealkylation sites (tertiary alicyclic amines) is 1. The lowest BCUT2D eigenvalue weighted by Gasteiger charge is -2.48. The highest BCUT2D eigenvalue weighted by atomic mass is 35.5. The standard InChI is InChI=1S/C36H56ClN5O2S/c1-25-7-5-6-8-26(25)11-15-39-28-12-18-40(19-13-28)31(43)23-30-33(44)42(20-14-35(2,3)4)34(45-30)29-10-9-27-24-36(27,37)32(29)41-21-16-38-17-22-41/h5-8,27-30,32,34,38-39H,9-24H2,1-4H3. The number of piperidine rings is 1. The van der Waals surface area contributed by atoms with E-state index in [2.05, 4.69) is 72.4 Å². The zero-order chi connectivity index (χ0) is 31.8. The van der Waals surface area contributed by atoms with Gasteiger partial charge in [-0.25, -0.2) is 0 Å². The van der Waals surface area contributed by atoms with Gasteiger partial charge >= 0.3 is 0 Å². The number of nitrogens with one attached hydrogen (secondary N) is 2. The van der Waals surface area contributed by atoms with Crippen molar-refractivity contribution >= 4 is 35.2 Å². The molecule has 0 radical (unpaired) electrons. The van der Waals surface area contributed by atoms with Gasteiger partial charge in [-0.2, -0.15) is 0 Å². The van der Waals surface area contributed by atoms with Crippen molar-refractivity contribution in [1.29, 1.82) is 0 Å². The van der Waals surface area contributed by atoms with Crippen LogP contribution in [0.25, 0.3) is 0 Å². The van der Waals surface area contributed by atoms with Crippen LogP contribution in [0.4, 0.5) is 0 Å². The molecule has 3 aliphatic heterocycles. The lowest BCUT2D eigenvalue weighted by atomic mass is 9.81. The van der Waals surface area contributed by atoms with Crippen LogP contribution >= 0.6 is 23.4 Å². The van der Waals surface area contributed by atoms with Gasteiger partial charge in [-0.1, -0.05) is 45.0 Å². The second-order valence-corrected chi connectivity index (χ2v) is 17.7. The molecule has 2 aliphatic carbocycles.